The molecule has 0 aliphatic carbocycles. The predicted molar refractivity (Wildman–Crippen MR) is 73.1 cm³/mol. The molecular formula is C14H11NO6. The first kappa shape index (κ1) is 14.3. The van der Waals surface area contributed by atoms with Crippen LogP contribution in [-0.4, -0.2) is 23.1 Å². The van der Waals surface area contributed by atoms with Gasteiger partial charge < -0.3 is 14.6 Å². The summed E-state index contributed by atoms with van der Waals surface area (Å²) in [6.07, 6.45) is 0. The van der Waals surface area contributed by atoms with Gasteiger partial charge in [-0.15, -0.1) is 0 Å². The molecule has 0 aliphatic heterocycles. The van der Waals surface area contributed by atoms with Crippen LogP contribution in [-0.2, 0) is 0 Å². The zero-order chi connectivity index (χ0) is 15.4. The third-order valence-corrected chi connectivity index (χ3v) is 2.69. The summed E-state index contributed by atoms with van der Waals surface area (Å²) in [6, 6.07) is 9.71. The summed E-state index contributed by atoms with van der Waals surface area (Å²) in [7, 11) is 1.43. The first-order valence-electron chi connectivity index (χ1n) is 5.85. The van der Waals surface area contributed by atoms with Crippen molar-refractivity contribution in [1.29, 1.82) is 0 Å². The zero-order valence-electron chi connectivity index (χ0n) is 11.0. The van der Waals surface area contributed by atoms with E-state index in [4.69, 9.17) is 14.6 Å². The fraction of sp³-hybridized carbons (Fsp3) is 0.0714. The molecule has 1 N–H and O–H groups in total. The maximum atomic E-state index is 11.2. The molecule has 7 nitrogen and oxygen atoms in total. The highest BCUT2D eigenvalue weighted by Gasteiger charge is 2.14. The first-order valence-corrected chi connectivity index (χ1v) is 5.85. The number of nitrogens with zero attached hydrogens (tertiary/aromatic N) is 1. The number of hydrogen-bond acceptors (Lipinski definition) is 5. The van der Waals surface area contributed by atoms with Gasteiger partial charge in [-0.3, -0.25) is 10.1 Å². The van der Waals surface area contributed by atoms with Gasteiger partial charge >= 0.3 is 5.97 Å². The van der Waals surface area contributed by atoms with Crippen molar-refractivity contribution in [3.8, 4) is 17.2 Å². The summed E-state index contributed by atoms with van der Waals surface area (Å²) < 4.78 is 10.4. The number of hydrogen-bond donors (Lipinski definition) is 1. The second-order valence-corrected chi connectivity index (χ2v) is 4.02. The van der Waals surface area contributed by atoms with Gasteiger partial charge in [-0.1, -0.05) is 0 Å². The fourth-order valence-corrected chi connectivity index (χ4v) is 1.66. The van der Waals surface area contributed by atoms with Gasteiger partial charge in [0.25, 0.3) is 5.69 Å². The van der Waals surface area contributed by atoms with E-state index in [1.54, 1.807) is 6.07 Å². The molecule has 2 aromatic rings. The van der Waals surface area contributed by atoms with Crippen molar-refractivity contribution in [1.82, 2.24) is 0 Å². The Hall–Kier alpha value is -3.09. The third-order valence-electron chi connectivity index (χ3n) is 2.69. The van der Waals surface area contributed by atoms with E-state index in [0.717, 1.165) is 0 Å². The van der Waals surface area contributed by atoms with Crippen LogP contribution >= 0.6 is 0 Å². The number of rotatable bonds is 5. The molecule has 0 aliphatic rings. The maximum absolute atomic E-state index is 11.2. The Morgan fingerprint density at radius 1 is 1.14 bits per heavy atom. The minimum absolute atomic E-state index is 0.0623. The van der Waals surface area contributed by atoms with Crippen LogP contribution in [0.2, 0.25) is 0 Å². The van der Waals surface area contributed by atoms with E-state index in [0.29, 0.717) is 11.5 Å². The van der Waals surface area contributed by atoms with Crippen LogP contribution in [0.3, 0.4) is 0 Å². The number of carboxylic acids is 1. The van der Waals surface area contributed by atoms with Gasteiger partial charge in [-0.2, -0.15) is 0 Å². The van der Waals surface area contributed by atoms with Crippen molar-refractivity contribution in [2.75, 3.05) is 7.11 Å². The van der Waals surface area contributed by atoms with E-state index < -0.39 is 10.9 Å². The smallest absolute Gasteiger partial charge is 0.339 e. The van der Waals surface area contributed by atoms with Crippen molar-refractivity contribution in [3.05, 3.63) is 58.1 Å². The van der Waals surface area contributed by atoms with Crippen molar-refractivity contribution < 1.29 is 24.3 Å². The maximum Gasteiger partial charge on any atom is 0.339 e. The standard InChI is InChI=1S/C14H11NO6/c1-20-11-6-7-13(12(8-11)14(16)17)21-10-4-2-9(3-5-10)15(18)19/h2-8H,1H3,(H,16,17). The van der Waals surface area contributed by atoms with E-state index in [1.165, 1.54) is 43.5 Å². The number of nitro benzene ring substituents is 1. The molecule has 0 fully saturated rings. The van der Waals surface area contributed by atoms with Crippen LogP contribution in [0.15, 0.2) is 42.5 Å². The summed E-state index contributed by atoms with van der Waals surface area (Å²) in [6.45, 7) is 0. The van der Waals surface area contributed by atoms with Gasteiger partial charge in [0.15, 0.2) is 0 Å². The second kappa shape index (κ2) is 5.91. The van der Waals surface area contributed by atoms with Crippen LogP contribution in [0, 0.1) is 10.1 Å². The molecule has 0 saturated heterocycles. The number of methoxy groups -OCH3 is 1. The normalized spacial score (nSPS) is 9.95. The molecule has 108 valence electrons. The molecule has 2 aromatic carbocycles. The van der Waals surface area contributed by atoms with E-state index >= 15 is 0 Å². The number of ether oxygens (including phenoxy) is 2. The number of aromatic carboxylic acids is 1. The largest absolute Gasteiger partial charge is 0.497 e. The fourth-order valence-electron chi connectivity index (χ4n) is 1.66. The minimum atomic E-state index is -1.16. The Labute approximate surface area is 119 Å². The van der Waals surface area contributed by atoms with E-state index in [1.807, 2.05) is 0 Å². The monoisotopic (exact) mass is 289 g/mol. The number of nitro groups is 1. The molecule has 0 heterocycles. The molecule has 2 rings (SSSR count). The first-order chi connectivity index (χ1) is 10.0. The van der Waals surface area contributed by atoms with Crippen molar-refractivity contribution in [2.24, 2.45) is 0 Å². The number of non-ortho nitro benzene ring substituents is 1. The van der Waals surface area contributed by atoms with Gasteiger partial charge in [0, 0.05) is 12.1 Å². The van der Waals surface area contributed by atoms with Crippen molar-refractivity contribution in [3.63, 3.8) is 0 Å². The molecule has 21 heavy (non-hydrogen) atoms. The Morgan fingerprint density at radius 3 is 2.29 bits per heavy atom. The Morgan fingerprint density at radius 2 is 1.76 bits per heavy atom. The SMILES string of the molecule is COc1ccc(Oc2ccc([N+](=O)[O-])cc2)c(C(=O)O)c1. The topological polar surface area (TPSA) is 98.9 Å². The Balaban J connectivity index is 2.30. The Kier molecular flexibility index (Phi) is 4.03. The van der Waals surface area contributed by atoms with Gasteiger partial charge in [0.2, 0.25) is 0 Å². The molecular weight excluding hydrogens is 278 g/mol. The highest BCUT2D eigenvalue weighted by molar-refractivity contribution is 5.91. The van der Waals surface area contributed by atoms with Crippen LogP contribution in [0.5, 0.6) is 17.2 Å². The van der Waals surface area contributed by atoms with Gasteiger partial charge in [-0.05, 0) is 30.3 Å². The van der Waals surface area contributed by atoms with Crippen LogP contribution in [0.4, 0.5) is 5.69 Å². The van der Waals surface area contributed by atoms with Crippen LogP contribution in [0.1, 0.15) is 10.4 Å². The van der Waals surface area contributed by atoms with E-state index in [-0.39, 0.29) is 17.0 Å². The number of carboxylic acid groups (broad SMARTS) is 1. The van der Waals surface area contributed by atoms with Crippen molar-refractivity contribution in [2.45, 2.75) is 0 Å². The summed E-state index contributed by atoms with van der Waals surface area (Å²) in [5.74, 6) is -0.348. The molecule has 0 aromatic heterocycles. The van der Waals surface area contributed by atoms with E-state index in [9.17, 15) is 14.9 Å². The predicted octanol–water partition coefficient (Wildman–Crippen LogP) is 3.09. The average Bonchev–Trinajstić information content (AvgIpc) is 2.48. The number of carbonyl (C=O) groups is 1. The van der Waals surface area contributed by atoms with Crippen LogP contribution < -0.4 is 9.47 Å². The Bertz CT molecular complexity index is 680. The molecule has 0 bridgehead atoms. The lowest BCUT2D eigenvalue weighted by atomic mass is 10.2. The summed E-state index contributed by atoms with van der Waals surface area (Å²) in [4.78, 5) is 21.2. The third kappa shape index (κ3) is 3.27. The average molecular weight is 289 g/mol. The molecule has 0 spiro atoms. The molecule has 7 heteroatoms. The highest BCUT2D eigenvalue weighted by atomic mass is 16.6. The number of benzene rings is 2. The molecule has 0 radical (unpaired) electrons. The summed E-state index contributed by atoms with van der Waals surface area (Å²) >= 11 is 0. The zero-order valence-corrected chi connectivity index (χ0v) is 11.0. The lowest BCUT2D eigenvalue weighted by molar-refractivity contribution is -0.384. The quantitative estimate of drug-likeness (QED) is 0.670. The van der Waals surface area contributed by atoms with Gasteiger partial charge in [-0.25, -0.2) is 4.79 Å². The lowest BCUT2D eigenvalue weighted by Crippen LogP contribution is -2.01. The minimum Gasteiger partial charge on any atom is -0.497 e. The summed E-state index contributed by atoms with van der Waals surface area (Å²) in [5, 5.41) is 19.7. The second-order valence-electron chi connectivity index (χ2n) is 4.02. The molecule has 0 amide bonds. The molecule has 0 unspecified atom stereocenters. The van der Waals surface area contributed by atoms with Gasteiger partial charge in [0.05, 0.1) is 12.0 Å². The molecule has 0 atom stereocenters. The lowest BCUT2D eigenvalue weighted by Gasteiger charge is -2.10. The van der Waals surface area contributed by atoms with Crippen LogP contribution in [0.25, 0.3) is 0 Å². The van der Waals surface area contributed by atoms with E-state index in [2.05, 4.69) is 0 Å². The van der Waals surface area contributed by atoms with Gasteiger partial charge in [0.1, 0.15) is 22.8 Å². The molecule has 0 saturated carbocycles. The summed E-state index contributed by atoms with van der Waals surface area (Å²) in [5.41, 5.74) is -0.136. The highest BCUT2D eigenvalue weighted by Crippen LogP contribution is 2.29. The van der Waals surface area contributed by atoms with Crippen molar-refractivity contribution >= 4 is 11.7 Å².